The second-order valence-corrected chi connectivity index (χ2v) is 20.1. The Morgan fingerprint density at radius 3 is 0.667 bits per heavy atom. The highest BCUT2D eigenvalue weighted by molar-refractivity contribution is 5.76. The first-order chi connectivity index (χ1) is 40.6. The molecule has 4 fully saturated rings. The van der Waals surface area contributed by atoms with E-state index in [1.165, 1.54) is 0 Å². The molecule has 0 bridgehead atoms. The van der Waals surface area contributed by atoms with E-state index >= 15 is 0 Å². The van der Waals surface area contributed by atoms with Crippen LogP contribution in [-0.2, 0) is 148 Å². The lowest BCUT2D eigenvalue weighted by atomic mass is 9.92. The molecule has 4 amide bonds. The summed E-state index contributed by atoms with van der Waals surface area (Å²) in [7, 11) is 0. The van der Waals surface area contributed by atoms with Crippen molar-refractivity contribution in [2.75, 3.05) is 26.4 Å². The molecule has 4 heterocycles. The summed E-state index contributed by atoms with van der Waals surface area (Å²) in [6.07, 6.45) is -29.1. The average Bonchev–Trinajstić information content (AvgIpc) is 0.852. The minimum Gasteiger partial charge on any atom is -0.463 e. The summed E-state index contributed by atoms with van der Waals surface area (Å²) >= 11 is 0. The van der Waals surface area contributed by atoms with Gasteiger partial charge in [0.15, 0.2) is 49.4 Å². The Morgan fingerprint density at radius 1 is 0.253 bits per heavy atom. The van der Waals surface area contributed by atoms with Gasteiger partial charge in [0.25, 0.3) is 0 Å². The third kappa shape index (κ3) is 21.9. The fourth-order valence-electron chi connectivity index (χ4n) is 9.73. The molecule has 0 aliphatic carbocycles. The maximum Gasteiger partial charge on any atom is 0.305 e. The molecular weight excluding hydrogens is 1180 g/mol. The summed E-state index contributed by atoms with van der Waals surface area (Å²) in [6.45, 7) is 10.9. The number of hydrogen-bond acceptors (Lipinski definition) is 31. The Hall–Kier alpha value is -7.70. The normalized spacial score (nSPS) is 31.9. The molecule has 0 saturated carbocycles. The number of rotatable bonds is 24. The van der Waals surface area contributed by atoms with Crippen LogP contribution < -0.4 is 21.3 Å². The van der Waals surface area contributed by atoms with Crippen LogP contribution in [0.25, 0.3) is 0 Å². The SMILES string of the molecule is CC(=O)NC1C(OC2C(COC(C)=O)OC(OC3C(COC(C)=O)OC(OC4C(COC(C)=O)OC(OC(C)=O)C(NC(C)=O)C4OC(C)=O)C(NC(C)=O)C3OC(C)=O)C(NC(C)=O)C2OC(C)=O)OC(COC(C)=O)C(OC(C)=O)C1OC(C)=O. The molecule has 4 aliphatic rings. The molecule has 20 unspecified atom stereocenters. The molecule has 488 valence electrons. The van der Waals surface area contributed by atoms with Crippen molar-refractivity contribution in [3.8, 4) is 0 Å². The molecule has 0 aromatic carbocycles. The van der Waals surface area contributed by atoms with Crippen LogP contribution in [0.1, 0.15) is 96.9 Å². The predicted octanol–water partition coefficient (Wildman–Crippen LogP) is -3.47. The number of carbonyl (C=O) groups excluding carboxylic acids is 14. The number of esters is 10. The molecule has 35 heteroatoms. The highest BCUT2D eigenvalue weighted by atomic mass is 16.8. The van der Waals surface area contributed by atoms with E-state index in [4.69, 9.17) is 80.5 Å². The molecule has 20 atom stereocenters. The molecule has 0 radical (unpaired) electrons. The molecule has 4 saturated heterocycles. The fourth-order valence-corrected chi connectivity index (χ4v) is 9.73. The summed E-state index contributed by atoms with van der Waals surface area (Å²) in [6, 6.07) is -6.94. The van der Waals surface area contributed by atoms with Crippen molar-refractivity contribution in [2.45, 2.75) is 220 Å². The van der Waals surface area contributed by atoms with Gasteiger partial charge in [0.1, 0.15) is 93.3 Å². The van der Waals surface area contributed by atoms with Gasteiger partial charge < -0.3 is 102 Å². The second-order valence-electron chi connectivity index (χ2n) is 20.1. The average molecular weight is 1250 g/mol. The van der Waals surface area contributed by atoms with Gasteiger partial charge >= 0.3 is 59.7 Å². The van der Waals surface area contributed by atoms with Gasteiger partial charge in [-0.05, 0) is 0 Å². The topological polar surface area (TPSA) is 444 Å². The largest absolute Gasteiger partial charge is 0.463 e. The molecule has 0 aromatic rings. The molecule has 0 aromatic heterocycles. The van der Waals surface area contributed by atoms with Crippen molar-refractivity contribution < 1.29 is 148 Å². The third-order valence-corrected chi connectivity index (χ3v) is 12.5. The number of amides is 4. The van der Waals surface area contributed by atoms with Gasteiger partial charge in [-0.3, -0.25) is 67.1 Å². The van der Waals surface area contributed by atoms with Crippen molar-refractivity contribution in [1.29, 1.82) is 0 Å². The second kappa shape index (κ2) is 32.9. The maximum absolute atomic E-state index is 13.4. The predicted molar refractivity (Wildman–Crippen MR) is 276 cm³/mol. The summed E-state index contributed by atoms with van der Waals surface area (Å²) < 4.78 is 100. The first-order valence-corrected chi connectivity index (χ1v) is 26.9. The van der Waals surface area contributed by atoms with Gasteiger partial charge in [-0.15, -0.1) is 0 Å². The standard InChI is InChI=1S/C52H74N4O31/c1-19(57)53-37-46(77-29(11)67)42(34(16-72-24(6)62)81-49(37)80-32(14)70)85-51-39(55-21(3)59)48(79-31(13)69)44(36(83-51)18-74-26(8)64)87-52-40(56-22(4)60)47(78-30(12)68)43(35(84-52)17-73-25(7)63)86-50-38(54-20(2)58)45(76-28(10)66)41(75-27(9)65)33(82-50)15-71-23(5)61/h33-52H,15-18H2,1-14H3,(H,53,57)(H,54,58)(H,55,59)(H,56,60). The summed E-state index contributed by atoms with van der Waals surface area (Å²) in [4.78, 5) is 179. The van der Waals surface area contributed by atoms with Crippen LogP contribution >= 0.6 is 0 Å². The van der Waals surface area contributed by atoms with Crippen LogP contribution in [0.2, 0.25) is 0 Å². The lowest BCUT2D eigenvalue weighted by molar-refractivity contribution is -0.362. The zero-order valence-electron chi connectivity index (χ0n) is 50.0. The molecule has 87 heavy (non-hydrogen) atoms. The van der Waals surface area contributed by atoms with Gasteiger partial charge in [0.05, 0.1) is 0 Å². The zero-order chi connectivity index (χ0) is 65.3. The summed E-state index contributed by atoms with van der Waals surface area (Å²) in [5.41, 5.74) is 0. The van der Waals surface area contributed by atoms with Crippen molar-refractivity contribution in [1.82, 2.24) is 21.3 Å². The lowest BCUT2D eigenvalue weighted by Crippen LogP contribution is -2.73. The van der Waals surface area contributed by atoms with Gasteiger partial charge in [-0.2, -0.15) is 0 Å². The Bertz CT molecular complexity index is 2550. The lowest BCUT2D eigenvalue weighted by Gasteiger charge is -2.52. The van der Waals surface area contributed by atoms with Crippen molar-refractivity contribution in [3.63, 3.8) is 0 Å². The van der Waals surface area contributed by atoms with Gasteiger partial charge in [0, 0.05) is 96.9 Å². The van der Waals surface area contributed by atoms with E-state index in [9.17, 15) is 67.1 Å². The monoisotopic (exact) mass is 1250 g/mol. The number of ether oxygens (including phenoxy) is 17. The van der Waals surface area contributed by atoms with Crippen LogP contribution in [0, 0.1) is 0 Å². The van der Waals surface area contributed by atoms with Gasteiger partial charge in [-0.1, -0.05) is 0 Å². The number of hydrogen-bond donors (Lipinski definition) is 4. The Morgan fingerprint density at radius 2 is 0.448 bits per heavy atom. The number of carbonyl (C=O) groups is 14. The summed E-state index contributed by atoms with van der Waals surface area (Å²) in [5.74, 6) is -13.0. The molecule has 4 rings (SSSR count). The fraction of sp³-hybridized carbons (Fsp3) is 0.731. The van der Waals surface area contributed by atoms with Crippen molar-refractivity contribution in [3.05, 3.63) is 0 Å². The maximum atomic E-state index is 13.4. The minimum absolute atomic E-state index is 0.704. The van der Waals surface area contributed by atoms with Crippen molar-refractivity contribution in [2.24, 2.45) is 0 Å². The third-order valence-electron chi connectivity index (χ3n) is 12.5. The Balaban J connectivity index is 1.99. The molecular formula is C52H74N4O31. The van der Waals surface area contributed by atoms with E-state index in [1.807, 2.05) is 0 Å². The Kier molecular flexibility index (Phi) is 27.1. The minimum atomic E-state index is -2.07. The van der Waals surface area contributed by atoms with Gasteiger partial charge in [-0.25, -0.2) is 0 Å². The van der Waals surface area contributed by atoms with E-state index in [0.29, 0.717) is 0 Å². The highest BCUT2D eigenvalue weighted by Gasteiger charge is 2.60. The molecule has 4 N–H and O–H groups in total. The van der Waals surface area contributed by atoms with E-state index in [1.54, 1.807) is 0 Å². The van der Waals surface area contributed by atoms with Crippen LogP contribution in [-0.4, -0.2) is 232 Å². The smallest absolute Gasteiger partial charge is 0.305 e. The zero-order valence-corrected chi connectivity index (χ0v) is 50.0. The quantitative estimate of drug-likeness (QED) is 0.0539. The first-order valence-electron chi connectivity index (χ1n) is 26.9. The molecule has 35 nitrogen and oxygen atoms in total. The van der Waals surface area contributed by atoms with Crippen LogP contribution in [0.5, 0.6) is 0 Å². The van der Waals surface area contributed by atoms with E-state index in [2.05, 4.69) is 21.3 Å². The first kappa shape index (κ1) is 71.8. The van der Waals surface area contributed by atoms with E-state index in [-0.39, 0.29) is 0 Å². The van der Waals surface area contributed by atoms with Crippen LogP contribution in [0.15, 0.2) is 0 Å². The highest BCUT2D eigenvalue weighted by Crippen LogP contribution is 2.38. The Labute approximate surface area is 497 Å². The summed E-state index contributed by atoms with van der Waals surface area (Å²) in [5, 5.41) is 10.1. The van der Waals surface area contributed by atoms with Gasteiger partial charge in [0.2, 0.25) is 29.9 Å². The van der Waals surface area contributed by atoms with E-state index < -0.39 is 232 Å². The van der Waals surface area contributed by atoms with E-state index in [0.717, 1.165) is 96.9 Å². The number of nitrogens with one attached hydrogen (secondary N) is 4. The van der Waals surface area contributed by atoms with Crippen LogP contribution in [0.4, 0.5) is 0 Å². The van der Waals surface area contributed by atoms with Crippen molar-refractivity contribution >= 4 is 83.3 Å². The van der Waals surface area contributed by atoms with Crippen LogP contribution in [0.3, 0.4) is 0 Å². The molecule has 4 aliphatic heterocycles. The molecule has 0 spiro atoms.